The van der Waals surface area contributed by atoms with Gasteiger partial charge in [-0.05, 0) is 17.5 Å². The summed E-state index contributed by atoms with van der Waals surface area (Å²) in [7, 11) is 0. The number of aromatic nitrogens is 1. The quantitative estimate of drug-likeness (QED) is 0.596. The minimum absolute atomic E-state index is 0.146. The van der Waals surface area contributed by atoms with Crippen LogP contribution in [0.5, 0.6) is 0 Å². The number of H-pyrrole nitrogens is 1. The molecule has 0 saturated carbocycles. The van der Waals surface area contributed by atoms with Gasteiger partial charge in [0.2, 0.25) is 17.7 Å². The van der Waals surface area contributed by atoms with E-state index in [0.29, 0.717) is 6.42 Å². The van der Waals surface area contributed by atoms with E-state index in [4.69, 9.17) is 5.73 Å². The summed E-state index contributed by atoms with van der Waals surface area (Å²) in [5.41, 5.74) is 7.21. The van der Waals surface area contributed by atoms with Gasteiger partial charge in [-0.1, -0.05) is 32.0 Å². The van der Waals surface area contributed by atoms with Gasteiger partial charge in [0.1, 0.15) is 12.1 Å². The lowest BCUT2D eigenvalue weighted by molar-refractivity contribution is -0.131. The third-order valence-corrected chi connectivity index (χ3v) is 4.06. The van der Waals surface area contributed by atoms with Crippen LogP contribution in [0.3, 0.4) is 0 Å². The summed E-state index contributed by atoms with van der Waals surface area (Å²) >= 11 is 0. The fraction of sp³-hybridized carbons (Fsp3) is 0.389. The second kappa shape index (κ2) is 7.83. The average molecular weight is 344 g/mol. The number of hydrogen-bond donors (Lipinski definition) is 4. The summed E-state index contributed by atoms with van der Waals surface area (Å²) in [6, 6.07) is 6.14. The Morgan fingerprint density at radius 3 is 2.44 bits per heavy atom. The van der Waals surface area contributed by atoms with Gasteiger partial charge in [0.25, 0.3) is 0 Å². The number of fused-ring (bicyclic) bond motifs is 1. The number of rotatable bonds is 7. The second-order valence-corrected chi connectivity index (χ2v) is 6.45. The lowest BCUT2D eigenvalue weighted by atomic mass is 10.0. The molecule has 2 atom stereocenters. The van der Waals surface area contributed by atoms with Crippen molar-refractivity contribution in [3.8, 4) is 0 Å². The fourth-order valence-electron chi connectivity index (χ4n) is 2.80. The fourth-order valence-corrected chi connectivity index (χ4v) is 2.80. The summed E-state index contributed by atoms with van der Waals surface area (Å²) in [5.74, 6) is -1.50. The molecule has 0 aliphatic carbocycles. The molecule has 2 rings (SSSR count). The van der Waals surface area contributed by atoms with Gasteiger partial charge in [0.05, 0.1) is 0 Å². The molecule has 0 aliphatic rings. The molecule has 0 aliphatic heterocycles. The van der Waals surface area contributed by atoms with Crippen LogP contribution in [0, 0.1) is 5.92 Å². The minimum atomic E-state index is -0.794. The average Bonchev–Trinajstić information content (AvgIpc) is 2.94. The number of hydrogen-bond acceptors (Lipinski definition) is 3. The summed E-state index contributed by atoms with van der Waals surface area (Å²) in [4.78, 5) is 38.8. The first-order chi connectivity index (χ1) is 11.8. The van der Waals surface area contributed by atoms with Gasteiger partial charge in [-0.15, -0.1) is 0 Å². The first-order valence-electron chi connectivity index (χ1n) is 8.21. The Morgan fingerprint density at radius 1 is 1.16 bits per heavy atom. The van der Waals surface area contributed by atoms with Crippen LogP contribution >= 0.6 is 0 Å². The molecule has 3 amide bonds. The van der Waals surface area contributed by atoms with Crippen LogP contribution in [-0.4, -0.2) is 34.8 Å². The molecule has 1 heterocycles. The van der Waals surface area contributed by atoms with Gasteiger partial charge in [-0.25, -0.2) is 0 Å². The van der Waals surface area contributed by atoms with Crippen molar-refractivity contribution in [2.24, 2.45) is 11.7 Å². The molecule has 0 saturated heterocycles. The number of benzene rings is 1. The molecule has 0 bridgehead atoms. The lowest BCUT2D eigenvalue weighted by Crippen LogP contribution is -2.55. The number of carbonyl (C=O) groups is 3. The third kappa shape index (κ3) is 4.59. The maximum Gasteiger partial charge on any atom is 0.243 e. The predicted octanol–water partition coefficient (Wildman–Crippen LogP) is 0.841. The molecule has 1 aromatic heterocycles. The van der Waals surface area contributed by atoms with E-state index < -0.39 is 23.9 Å². The Bertz CT molecular complexity index is 781. The normalized spacial score (nSPS) is 13.4. The van der Waals surface area contributed by atoms with Crippen LogP contribution in [0.25, 0.3) is 10.9 Å². The van der Waals surface area contributed by atoms with E-state index in [-0.39, 0.29) is 11.8 Å². The topological polar surface area (TPSA) is 117 Å². The summed E-state index contributed by atoms with van der Waals surface area (Å²) in [5, 5.41) is 6.28. The predicted molar refractivity (Wildman–Crippen MR) is 95.6 cm³/mol. The molecular weight excluding hydrogens is 320 g/mol. The van der Waals surface area contributed by atoms with Crippen molar-refractivity contribution in [2.45, 2.75) is 39.3 Å². The van der Waals surface area contributed by atoms with E-state index in [9.17, 15) is 14.4 Å². The van der Waals surface area contributed by atoms with E-state index in [1.165, 1.54) is 6.92 Å². The van der Waals surface area contributed by atoms with Gasteiger partial charge in [0, 0.05) is 30.4 Å². The van der Waals surface area contributed by atoms with Gasteiger partial charge in [0.15, 0.2) is 0 Å². The number of para-hydroxylation sites is 1. The molecule has 0 radical (unpaired) electrons. The van der Waals surface area contributed by atoms with Gasteiger partial charge in [-0.3, -0.25) is 14.4 Å². The third-order valence-electron chi connectivity index (χ3n) is 4.06. The molecule has 2 aromatic rings. The number of carbonyl (C=O) groups excluding carboxylic acids is 3. The molecule has 2 unspecified atom stereocenters. The number of amides is 3. The number of nitrogens with two attached hydrogens (primary N) is 1. The number of primary amides is 1. The SMILES string of the molecule is CC(=O)NC(Cc1c[nH]c2ccccc12)C(=O)NC(C(N)=O)C(C)C. The van der Waals surface area contributed by atoms with E-state index in [1.807, 2.05) is 30.5 Å². The van der Waals surface area contributed by atoms with Gasteiger partial charge < -0.3 is 21.4 Å². The molecule has 7 nitrogen and oxygen atoms in total. The molecule has 1 aromatic carbocycles. The first-order valence-corrected chi connectivity index (χ1v) is 8.21. The highest BCUT2D eigenvalue weighted by Gasteiger charge is 2.27. The Hall–Kier alpha value is -2.83. The van der Waals surface area contributed by atoms with Crippen LogP contribution in [0.4, 0.5) is 0 Å². The molecular formula is C18H24N4O3. The molecule has 0 fully saturated rings. The van der Waals surface area contributed by atoms with E-state index in [0.717, 1.165) is 16.5 Å². The largest absolute Gasteiger partial charge is 0.368 e. The zero-order chi connectivity index (χ0) is 18.6. The molecule has 0 spiro atoms. The Labute approximate surface area is 146 Å². The van der Waals surface area contributed by atoms with Crippen molar-refractivity contribution >= 4 is 28.6 Å². The summed E-state index contributed by atoms with van der Waals surface area (Å²) < 4.78 is 0. The highest BCUT2D eigenvalue weighted by Crippen LogP contribution is 2.19. The van der Waals surface area contributed by atoms with Crippen LogP contribution in [0.1, 0.15) is 26.3 Å². The molecule has 7 heteroatoms. The Morgan fingerprint density at radius 2 is 1.84 bits per heavy atom. The van der Waals surface area contributed by atoms with Crippen molar-refractivity contribution in [1.29, 1.82) is 0 Å². The van der Waals surface area contributed by atoms with Crippen molar-refractivity contribution < 1.29 is 14.4 Å². The van der Waals surface area contributed by atoms with Gasteiger partial charge in [-0.2, -0.15) is 0 Å². The monoisotopic (exact) mass is 344 g/mol. The maximum absolute atomic E-state index is 12.6. The highest BCUT2D eigenvalue weighted by atomic mass is 16.2. The van der Waals surface area contributed by atoms with Crippen LogP contribution in [0.2, 0.25) is 0 Å². The number of nitrogens with one attached hydrogen (secondary N) is 3. The number of aromatic amines is 1. The molecule has 5 N–H and O–H groups in total. The van der Waals surface area contributed by atoms with Crippen molar-refractivity contribution in [1.82, 2.24) is 15.6 Å². The zero-order valence-electron chi connectivity index (χ0n) is 14.6. The van der Waals surface area contributed by atoms with Crippen molar-refractivity contribution in [3.63, 3.8) is 0 Å². The van der Waals surface area contributed by atoms with Crippen LogP contribution in [-0.2, 0) is 20.8 Å². The van der Waals surface area contributed by atoms with Crippen LogP contribution in [0.15, 0.2) is 30.5 Å². The molecule has 134 valence electrons. The standard InChI is InChI=1S/C18H24N4O3/c1-10(2)16(17(19)24)22-18(25)15(21-11(3)23)8-12-9-20-14-7-5-4-6-13(12)14/h4-7,9-10,15-16,20H,8H2,1-3H3,(H2,19,24)(H,21,23)(H,22,25). The first kappa shape index (κ1) is 18.5. The van der Waals surface area contributed by atoms with Crippen molar-refractivity contribution in [2.75, 3.05) is 0 Å². The molecule has 25 heavy (non-hydrogen) atoms. The maximum atomic E-state index is 12.6. The van der Waals surface area contributed by atoms with Crippen molar-refractivity contribution in [3.05, 3.63) is 36.0 Å². The van der Waals surface area contributed by atoms with Gasteiger partial charge >= 0.3 is 0 Å². The Balaban J connectivity index is 2.22. The Kier molecular flexibility index (Phi) is 5.80. The summed E-state index contributed by atoms with van der Waals surface area (Å²) in [6.07, 6.45) is 2.12. The lowest BCUT2D eigenvalue weighted by Gasteiger charge is -2.23. The van der Waals surface area contributed by atoms with E-state index in [1.54, 1.807) is 13.8 Å². The van der Waals surface area contributed by atoms with E-state index >= 15 is 0 Å². The zero-order valence-corrected chi connectivity index (χ0v) is 14.6. The summed E-state index contributed by atoms with van der Waals surface area (Å²) in [6.45, 7) is 4.94. The second-order valence-electron chi connectivity index (χ2n) is 6.45. The minimum Gasteiger partial charge on any atom is -0.368 e. The smallest absolute Gasteiger partial charge is 0.243 e. The van der Waals surface area contributed by atoms with Crippen LogP contribution < -0.4 is 16.4 Å². The highest BCUT2D eigenvalue weighted by molar-refractivity contribution is 5.92. The van der Waals surface area contributed by atoms with E-state index in [2.05, 4.69) is 15.6 Å².